The number of aryl methyl sites for hydroxylation is 1. The molecule has 0 unspecified atom stereocenters. The maximum absolute atomic E-state index is 13.4. The molecule has 4 rings (SSSR count). The minimum Gasteiger partial charge on any atom is -0.279 e. The van der Waals surface area contributed by atoms with Crippen LogP contribution in [0.25, 0.3) is 10.2 Å². The number of rotatable bonds is 6. The van der Waals surface area contributed by atoms with Gasteiger partial charge in [0, 0.05) is 10.5 Å². The summed E-state index contributed by atoms with van der Waals surface area (Å²) in [6.45, 7) is 2.64. The fourth-order valence-corrected chi connectivity index (χ4v) is 4.61. The number of nitrogens with zero attached hydrogens (tertiary/aromatic N) is 2. The Morgan fingerprint density at radius 2 is 1.76 bits per heavy atom. The van der Waals surface area contributed by atoms with Gasteiger partial charge in [-0.2, -0.15) is 0 Å². The zero-order valence-electron chi connectivity index (χ0n) is 16.5. The molecule has 3 nitrogen and oxygen atoms in total. The molecule has 0 spiro atoms. The van der Waals surface area contributed by atoms with E-state index in [2.05, 4.69) is 19.1 Å². The monoisotopic (exact) mass is 418 g/mol. The molecule has 0 aliphatic rings. The van der Waals surface area contributed by atoms with Crippen LogP contribution < -0.4 is 4.90 Å². The smallest absolute Gasteiger partial charge is 0.260 e. The van der Waals surface area contributed by atoms with Crippen LogP contribution in [0.3, 0.4) is 0 Å². The molecule has 29 heavy (non-hydrogen) atoms. The number of thioether (sulfide) groups is 1. The van der Waals surface area contributed by atoms with Crippen molar-refractivity contribution in [3.8, 4) is 0 Å². The minimum atomic E-state index is -0.0312. The van der Waals surface area contributed by atoms with Gasteiger partial charge in [-0.25, -0.2) is 4.98 Å². The van der Waals surface area contributed by atoms with Crippen molar-refractivity contribution in [2.24, 2.45) is 0 Å². The normalized spacial score (nSPS) is 11.0. The summed E-state index contributed by atoms with van der Waals surface area (Å²) in [5.74, 6) is -0.0312. The number of fused-ring (bicyclic) bond motifs is 1. The van der Waals surface area contributed by atoms with Crippen LogP contribution in [0.5, 0.6) is 0 Å². The first-order valence-corrected chi connectivity index (χ1v) is 11.6. The molecule has 5 heteroatoms. The highest BCUT2D eigenvalue weighted by molar-refractivity contribution is 7.98. The van der Waals surface area contributed by atoms with Gasteiger partial charge in [0.1, 0.15) is 0 Å². The van der Waals surface area contributed by atoms with Crippen molar-refractivity contribution < 1.29 is 4.79 Å². The van der Waals surface area contributed by atoms with Crippen LogP contribution in [0.1, 0.15) is 28.4 Å². The maximum Gasteiger partial charge on any atom is 0.260 e. The lowest BCUT2D eigenvalue weighted by Gasteiger charge is -2.20. The summed E-state index contributed by atoms with van der Waals surface area (Å²) in [5, 5.41) is 0.732. The molecule has 1 aromatic heterocycles. The molecule has 0 N–H and O–H groups in total. The lowest BCUT2D eigenvalue weighted by atomic mass is 10.1. The van der Waals surface area contributed by atoms with Crippen LogP contribution in [0.2, 0.25) is 0 Å². The average molecular weight is 419 g/mol. The second-order valence-corrected chi connectivity index (χ2v) is 8.65. The van der Waals surface area contributed by atoms with Crippen LogP contribution >= 0.6 is 23.1 Å². The molecule has 0 atom stereocenters. The largest absolute Gasteiger partial charge is 0.279 e. The first kappa shape index (κ1) is 19.7. The van der Waals surface area contributed by atoms with E-state index < -0.39 is 0 Å². The topological polar surface area (TPSA) is 33.2 Å². The van der Waals surface area contributed by atoms with E-state index in [1.54, 1.807) is 28.0 Å². The Morgan fingerprint density at radius 1 is 1.00 bits per heavy atom. The summed E-state index contributed by atoms with van der Waals surface area (Å²) in [5.41, 5.74) is 3.97. The van der Waals surface area contributed by atoms with E-state index in [0.717, 1.165) is 32.2 Å². The van der Waals surface area contributed by atoms with Gasteiger partial charge < -0.3 is 0 Å². The van der Waals surface area contributed by atoms with E-state index in [0.29, 0.717) is 12.1 Å². The van der Waals surface area contributed by atoms with Crippen LogP contribution in [0, 0.1) is 0 Å². The molecule has 0 saturated heterocycles. The van der Waals surface area contributed by atoms with Gasteiger partial charge in [0.05, 0.1) is 16.8 Å². The van der Waals surface area contributed by atoms with Gasteiger partial charge in [-0.15, -0.1) is 11.8 Å². The van der Waals surface area contributed by atoms with Gasteiger partial charge in [-0.05, 0) is 60.2 Å². The number of benzene rings is 3. The Labute approximate surface area is 179 Å². The van der Waals surface area contributed by atoms with Crippen molar-refractivity contribution in [3.05, 3.63) is 89.5 Å². The number of hydrogen-bond acceptors (Lipinski definition) is 4. The van der Waals surface area contributed by atoms with Crippen molar-refractivity contribution in [2.45, 2.75) is 24.8 Å². The summed E-state index contributed by atoms with van der Waals surface area (Å²) in [7, 11) is 0. The summed E-state index contributed by atoms with van der Waals surface area (Å²) < 4.78 is 1.11. The number of thiazole rings is 1. The first-order valence-electron chi connectivity index (χ1n) is 9.57. The lowest BCUT2D eigenvalue weighted by molar-refractivity contribution is 0.0985. The zero-order chi connectivity index (χ0) is 20.2. The quantitative estimate of drug-likeness (QED) is 0.338. The van der Waals surface area contributed by atoms with Crippen molar-refractivity contribution in [1.82, 2.24) is 4.98 Å². The SMILES string of the molecule is CCc1ccc2nc(N(Cc3ccccc3)C(=O)c3ccc(SC)cc3)sc2c1. The van der Waals surface area contributed by atoms with E-state index in [9.17, 15) is 4.79 Å². The van der Waals surface area contributed by atoms with Crippen molar-refractivity contribution in [1.29, 1.82) is 0 Å². The number of hydrogen-bond donors (Lipinski definition) is 0. The molecule has 0 saturated carbocycles. The summed E-state index contributed by atoms with van der Waals surface area (Å²) in [6.07, 6.45) is 3.02. The summed E-state index contributed by atoms with van der Waals surface area (Å²) in [4.78, 5) is 21.2. The Bertz CT molecular complexity index is 1120. The minimum absolute atomic E-state index is 0.0312. The Balaban J connectivity index is 1.74. The number of amides is 1. The highest BCUT2D eigenvalue weighted by atomic mass is 32.2. The maximum atomic E-state index is 13.4. The third kappa shape index (κ3) is 4.36. The molecule has 4 aromatic rings. The fourth-order valence-electron chi connectivity index (χ4n) is 3.17. The van der Waals surface area contributed by atoms with Gasteiger partial charge in [0.25, 0.3) is 5.91 Å². The third-order valence-corrected chi connectivity index (χ3v) is 6.63. The molecule has 146 valence electrons. The van der Waals surface area contributed by atoms with Crippen LogP contribution in [-0.4, -0.2) is 17.1 Å². The highest BCUT2D eigenvalue weighted by Gasteiger charge is 2.22. The molecule has 0 radical (unpaired) electrons. The molecule has 0 bridgehead atoms. The van der Waals surface area contributed by atoms with E-state index in [-0.39, 0.29) is 5.91 Å². The highest BCUT2D eigenvalue weighted by Crippen LogP contribution is 2.32. The number of carbonyl (C=O) groups excluding carboxylic acids is 1. The number of aromatic nitrogens is 1. The van der Waals surface area contributed by atoms with Crippen molar-refractivity contribution >= 4 is 44.4 Å². The molecular weight excluding hydrogens is 396 g/mol. The van der Waals surface area contributed by atoms with Gasteiger partial charge in [0.15, 0.2) is 5.13 Å². The second-order valence-electron chi connectivity index (χ2n) is 6.76. The van der Waals surface area contributed by atoms with Gasteiger partial charge in [-0.3, -0.25) is 9.69 Å². The van der Waals surface area contributed by atoms with E-state index in [1.165, 1.54) is 5.56 Å². The van der Waals surface area contributed by atoms with Gasteiger partial charge in [-0.1, -0.05) is 54.7 Å². The van der Waals surface area contributed by atoms with E-state index >= 15 is 0 Å². The summed E-state index contributed by atoms with van der Waals surface area (Å²) in [6, 6.07) is 24.2. The zero-order valence-corrected chi connectivity index (χ0v) is 18.1. The van der Waals surface area contributed by atoms with Crippen LogP contribution in [-0.2, 0) is 13.0 Å². The predicted molar refractivity (Wildman–Crippen MR) is 124 cm³/mol. The van der Waals surface area contributed by atoms with Crippen molar-refractivity contribution in [3.63, 3.8) is 0 Å². The molecule has 0 aliphatic carbocycles. The van der Waals surface area contributed by atoms with Crippen LogP contribution in [0.4, 0.5) is 5.13 Å². The standard InChI is InChI=1S/C24H22N2OS2/c1-3-17-9-14-21-22(15-17)29-24(25-21)26(16-18-7-5-4-6-8-18)23(27)19-10-12-20(28-2)13-11-19/h4-15H,3,16H2,1-2H3. The summed E-state index contributed by atoms with van der Waals surface area (Å²) >= 11 is 3.24. The average Bonchev–Trinajstić information content (AvgIpc) is 3.20. The number of anilines is 1. The first-order chi connectivity index (χ1) is 14.2. The fraction of sp³-hybridized carbons (Fsp3) is 0.167. The Morgan fingerprint density at radius 3 is 2.45 bits per heavy atom. The molecule has 0 aliphatic heterocycles. The molecule has 0 fully saturated rings. The van der Waals surface area contributed by atoms with E-state index in [4.69, 9.17) is 4.98 Å². The molecular formula is C24H22N2OS2. The van der Waals surface area contributed by atoms with Crippen molar-refractivity contribution in [2.75, 3.05) is 11.2 Å². The third-order valence-electron chi connectivity index (χ3n) is 4.85. The second kappa shape index (κ2) is 8.80. The molecule has 3 aromatic carbocycles. The Hall–Kier alpha value is -2.63. The Kier molecular flexibility index (Phi) is 5.97. The van der Waals surface area contributed by atoms with Gasteiger partial charge >= 0.3 is 0 Å². The number of carbonyl (C=O) groups is 1. The van der Waals surface area contributed by atoms with Crippen LogP contribution in [0.15, 0.2) is 77.7 Å². The molecule has 1 heterocycles. The van der Waals surface area contributed by atoms with E-state index in [1.807, 2.05) is 66.9 Å². The predicted octanol–water partition coefficient (Wildman–Crippen LogP) is 6.43. The lowest BCUT2D eigenvalue weighted by Crippen LogP contribution is -2.30. The van der Waals surface area contributed by atoms with Gasteiger partial charge in [0.2, 0.25) is 0 Å². The molecule has 1 amide bonds.